The SMILES string of the molecule is CCNC(=O)Nc1cc2c(-c3ccncc3)ccc(CNC(=O)CCC3CC3)c2cn1. The van der Waals surface area contributed by atoms with E-state index in [1.807, 2.05) is 37.3 Å². The molecule has 0 saturated heterocycles. The molecular weight excluding hydrogens is 390 g/mol. The summed E-state index contributed by atoms with van der Waals surface area (Å²) in [6.45, 7) is 2.84. The third-order valence-electron chi connectivity index (χ3n) is 5.51. The maximum Gasteiger partial charge on any atom is 0.320 e. The zero-order valence-corrected chi connectivity index (χ0v) is 17.6. The molecule has 0 spiro atoms. The van der Waals surface area contributed by atoms with Gasteiger partial charge in [-0.2, -0.15) is 0 Å². The third-order valence-corrected chi connectivity index (χ3v) is 5.51. The van der Waals surface area contributed by atoms with Gasteiger partial charge in [0, 0.05) is 43.5 Å². The molecule has 4 rings (SSSR count). The Hall–Kier alpha value is -3.48. The summed E-state index contributed by atoms with van der Waals surface area (Å²) < 4.78 is 0. The second-order valence-corrected chi connectivity index (χ2v) is 7.87. The predicted octanol–water partition coefficient (Wildman–Crippen LogP) is 4.24. The maximum atomic E-state index is 12.2. The van der Waals surface area contributed by atoms with Gasteiger partial charge in [0.05, 0.1) is 0 Å². The smallest absolute Gasteiger partial charge is 0.320 e. The van der Waals surface area contributed by atoms with Crippen LogP contribution in [0.15, 0.2) is 48.9 Å². The Balaban J connectivity index is 1.62. The van der Waals surface area contributed by atoms with E-state index in [2.05, 4.69) is 25.9 Å². The molecule has 0 bridgehead atoms. The Labute approximate surface area is 181 Å². The number of hydrogen-bond donors (Lipinski definition) is 3. The Bertz CT molecular complexity index is 1080. The largest absolute Gasteiger partial charge is 0.352 e. The van der Waals surface area contributed by atoms with Gasteiger partial charge in [0.1, 0.15) is 5.82 Å². The first kappa shape index (κ1) is 20.8. The number of nitrogens with one attached hydrogen (secondary N) is 3. The van der Waals surface area contributed by atoms with Crippen LogP contribution in [-0.4, -0.2) is 28.5 Å². The molecule has 1 aliphatic rings. The minimum absolute atomic E-state index is 0.0840. The van der Waals surface area contributed by atoms with E-state index in [4.69, 9.17) is 0 Å². The number of nitrogens with zero attached hydrogens (tertiary/aromatic N) is 2. The zero-order valence-electron chi connectivity index (χ0n) is 17.6. The van der Waals surface area contributed by atoms with Crippen LogP contribution in [0.4, 0.5) is 10.6 Å². The van der Waals surface area contributed by atoms with E-state index in [-0.39, 0.29) is 11.9 Å². The topological polar surface area (TPSA) is 96.0 Å². The first-order valence-corrected chi connectivity index (χ1v) is 10.8. The fraction of sp³-hybridized carbons (Fsp3) is 0.333. The molecule has 2 aromatic heterocycles. The van der Waals surface area contributed by atoms with Gasteiger partial charge >= 0.3 is 6.03 Å². The molecule has 2 heterocycles. The molecule has 1 fully saturated rings. The molecule has 7 heteroatoms. The van der Waals surface area contributed by atoms with E-state index in [9.17, 15) is 9.59 Å². The molecule has 0 unspecified atom stereocenters. The number of aromatic nitrogens is 2. The lowest BCUT2D eigenvalue weighted by Crippen LogP contribution is -2.28. The molecule has 1 saturated carbocycles. The predicted molar refractivity (Wildman–Crippen MR) is 121 cm³/mol. The molecule has 31 heavy (non-hydrogen) atoms. The normalized spacial score (nSPS) is 13.1. The second-order valence-electron chi connectivity index (χ2n) is 7.87. The number of anilines is 1. The van der Waals surface area contributed by atoms with Crippen molar-refractivity contribution in [3.8, 4) is 11.1 Å². The van der Waals surface area contributed by atoms with Crippen molar-refractivity contribution in [1.29, 1.82) is 0 Å². The Morgan fingerprint density at radius 2 is 1.87 bits per heavy atom. The minimum atomic E-state index is -0.293. The molecular formula is C24H27N5O2. The first-order chi connectivity index (χ1) is 15.1. The summed E-state index contributed by atoms with van der Waals surface area (Å²) in [6.07, 6.45) is 9.33. The van der Waals surface area contributed by atoms with Crippen LogP contribution in [0.3, 0.4) is 0 Å². The van der Waals surface area contributed by atoms with Crippen molar-refractivity contribution in [2.24, 2.45) is 5.92 Å². The highest BCUT2D eigenvalue weighted by atomic mass is 16.2. The van der Waals surface area contributed by atoms with E-state index in [1.165, 1.54) is 12.8 Å². The molecule has 1 aromatic carbocycles. The van der Waals surface area contributed by atoms with Crippen LogP contribution < -0.4 is 16.0 Å². The van der Waals surface area contributed by atoms with Crippen molar-refractivity contribution >= 4 is 28.5 Å². The number of benzene rings is 1. The van der Waals surface area contributed by atoms with E-state index in [0.29, 0.717) is 25.3 Å². The van der Waals surface area contributed by atoms with Gasteiger partial charge in [0.2, 0.25) is 5.91 Å². The average Bonchev–Trinajstić information content (AvgIpc) is 3.61. The lowest BCUT2D eigenvalue weighted by atomic mass is 9.96. The summed E-state index contributed by atoms with van der Waals surface area (Å²) >= 11 is 0. The summed E-state index contributed by atoms with van der Waals surface area (Å²) in [5, 5.41) is 10.4. The lowest BCUT2D eigenvalue weighted by molar-refractivity contribution is -0.121. The monoisotopic (exact) mass is 417 g/mol. The van der Waals surface area contributed by atoms with Crippen LogP contribution in [0.5, 0.6) is 0 Å². The molecule has 0 aliphatic heterocycles. The van der Waals surface area contributed by atoms with Crippen molar-refractivity contribution in [1.82, 2.24) is 20.6 Å². The Kier molecular flexibility index (Phi) is 6.40. The number of carbonyl (C=O) groups is 2. The molecule has 0 radical (unpaired) electrons. The number of carbonyl (C=O) groups excluding carboxylic acids is 2. The average molecular weight is 418 g/mol. The number of hydrogen-bond acceptors (Lipinski definition) is 4. The fourth-order valence-electron chi connectivity index (χ4n) is 3.65. The van der Waals surface area contributed by atoms with Crippen LogP contribution in [0.1, 0.15) is 38.2 Å². The number of urea groups is 1. The van der Waals surface area contributed by atoms with E-state index in [0.717, 1.165) is 39.8 Å². The zero-order chi connectivity index (χ0) is 21.6. The summed E-state index contributed by atoms with van der Waals surface area (Å²) in [6, 6.07) is 9.55. The molecule has 3 N–H and O–H groups in total. The standard InChI is InChI=1S/C24H27N5O2/c1-2-26-24(31)29-22-13-20-19(17-9-11-25-12-10-17)7-6-18(21(20)15-27-22)14-28-23(30)8-5-16-3-4-16/h6-7,9-13,15-16H,2-5,8,14H2,1H3,(H,28,30)(H2,26,27,29,31). The van der Waals surface area contributed by atoms with Gasteiger partial charge in [-0.3, -0.25) is 15.1 Å². The van der Waals surface area contributed by atoms with Gasteiger partial charge < -0.3 is 10.6 Å². The van der Waals surface area contributed by atoms with E-state index < -0.39 is 0 Å². The quantitative estimate of drug-likeness (QED) is 0.511. The lowest BCUT2D eigenvalue weighted by Gasteiger charge is -2.14. The van der Waals surface area contributed by atoms with Crippen molar-refractivity contribution < 1.29 is 9.59 Å². The number of pyridine rings is 2. The summed E-state index contributed by atoms with van der Waals surface area (Å²) in [5.74, 6) is 1.30. The number of fused-ring (bicyclic) bond motifs is 1. The van der Waals surface area contributed by atoms with Crippen LogP contribution in [0.2, 0.25) is 0 Å². The number of amides is 3. The highest BCUT2D eigenvalue weighted by Gasteiger charge is 2.21. The van der Waals surface area contributed by atoms with Gasteiger partial charge in [-0.05, 0) is 59.5 Å². The van der Waals surface area contributed by atoms with Gasteiger partial charge in [0.15, 0.2) is 0 Å². The maximum absolute atomic E-state index is 12.2. The highest BCUT2D eigenvalue weighted by molar-refractivity contribution is 6.00. The summed E-state index contributed by atoms with van der Waals surface area (Å²) in [5.41, 5.74) is 3.03. The van der Waals surface area contributed by atoms with Crippen LogP contribution in [-0.2, 0) is 11.3 Å². The molecule has 1 aliphatic carbocycles. The highest BCUT2D eigenvalue weighted by Crippen LogP contribution is 2.34. The van der Waals surface area contributed by atoms with E-state index >= 15 is 0 Å². The van der Waals surface area contributed by atoms with Crippen LogP contribution in [0, 0.1) is 5.92 Å². The van der Waals surface area contributed by atoms with Crippen LogP contribution >= 0.6 is 0 Å². The van der Waals surface area contributed by atoms with E-state index in [1.54, 1.807) is 18.6 Å². The second kappa shape index (κ2) is 9.55. The minimum Gasteiger partial charge on any atom is -0.352 e. The molecule has 3 aromatic rings. The summed E-state index contributed by atoms with van der Waals surface area (Å²) in [7, 11) is 0. The fourth-order valence-corrected chi connectivity index (χ4v) is 3.65. The van der Waals surface area contributed by atoms with Crippen molar-refractivity contribution in [2.75, 3.05) is 11.9 Å². The van der Waals surface area contributed by atoms with Gasteiger partial charge in [-0.1, -0.05) is 25.0 Å². The molecule has 3 amide bonds. The molecule has 7 nitrogen and oxygen atoms in total. The van der Waals surface area contributed by atoms with Gasteiger partial charge in [-0.15, -0.1) is 0 Å². The van der Waals surface area contributed by atoms with Crippen molar-refractivity contribution in [3.63, 3.8) is 0 Å². The van der Waals surface area contributed by atoms with Gasteiger partial charge in [0.25, 0.3) is 0 Å². The van der Waals surface area contributed by atoms with Crippen LogP contribution in [0.25, 0.3) is 21.9 Å². The summed E-state index contributed by atoms with van der Waals surface area (Å²) in [4.78, 5) is 32.7. The molecule has 160 valence electrons. The van der Waals surface area contributed by atoms with Crippen molar-refractivity contribution in [3.05, 3.63) is 54.5 Å². The number of rotatable bonds is 8. The Morgan fingerprint density at radius 1 is 1.06 bits per heavy atom. The molecule has 0 atom stereocenters. The van der Waals surface area contributed by atoms with Crippen molar-refractivity contribution in [2.45, 2.75) is 39.2 Å². The Morgan fingerprint density at radius 3 is 2.61 bits per heavy atom. The first-order valence-electron chi connectivity index (χ1n) is 10.8. The van der Waals surface area contributed by atoms with Gasteiger partial charge in [-0.25, -0.2) is 9.78 Å². The third kappa shape index (κ3) is 5.36.